The molecule has 0 unspecified atom stereocenters. The predicted molar refractivity (Wildman–Crippen MR) is 99.9 cm³/mol. The molecule has 0 bridgehead atoms. The molecule has 0 spiro atoms. The first-order valence-electron chi connectivity index (χ1n) is 7.86. The minimum atomic E-state index is 0.109. The Kier molecular flexibility index (Phi) is 8.87. The largest absolute Gasteiger partial charge is 0.509 e. The van der Waals surface area contributed by atoms with Crippen molar-refractivity contribution in [3.05, 3.63) is 79.1 Å². The number of nitrogens with zero attached hydrogens (tertiary/aromatic N) is 5. The number of allylic oxidation sites excluding steroid dienone is 3. The third-order valence-electron chi connectivity index (χ3n) is 3.08. The van der Waals surface area contributed by atoms with Gasteiger partial charge in [-0.1, -0.05) is 24.8 Å². The Hall–Kier alpha value is -3.33. The Morgan fingerprint density at radius 3 is 2.32 bits per heavy atom. The van der Waals surface area contributed by atoms with Crippen LogP contribution < -0.4 is 5.01 Å². The molecular weight excluding hydrogens is 314 g/mol. The minimum Gasteiger partial charge on any atom is -0.509 e. The highest BCUT2D eigenvalue weighted by atomic mass is 16.3. The van der Waals surface area contributed by atoms with Crippen LogP contribution in [0.5, 0.6) is 0 Å². The van der Waals surface area contributed by atoms with Gasteiger partial charge in [0.1, 0.15) is 18.4 Å². The van der Waals surface area contributed by atoms with E-state index in [0.717, 1.165) is 18.7 Å². The van der Waals surface area contributed by atoms with Crippen LogP contribution in [0, 0.1) is 11.3 Å². The molecule has 0 saturated heterocycles. The average molecular weight is 337 g/mol. The molecule has 0 radical (unpaired) electrons. The fourth-order valence-electron chi connectivity index (χ4n) is 1.96. The highest BCUT2D eigenvalue weighted by molar-refractivity contribution is 5.49. The summed E-state index contributed by atoms with van der Waals surface area (Å²) in [4.78, 5) is 0. The zero-order valence-electron chi connectivity index (χ0n) is 14.6. The van der Waals surface area contributed by atoms with Crippen molar-refractivity contribution in [1.82, 2.24) is 14.9 Å². The smallest absolute Gasteiger partial charge is 0.139 e. The first-order chi connectivity index (χ1) is 12.1. The van der Waals surface area contributed by atoms with Crippen LogP contribution in [0.25, 0.3) is 0 Å². The van der Waals surface area contributed by atoms with Crippen LogP contribution in [0.1, 0.15) is 25.8 Å². The van der Waals surface area contributed by atoms with Gasteiger partial charge in [-0.2, -0.15) is 5.26 Å². The first kappa shape index (κ1) is 19.7. The summed E-state index contributed by atoms with van der Waals surface area (Å²) in [5.41, 5.74) is 1.66. The van der Waals surface area contributed by atoms with Gasteiger partial charge in [-0.25, -0.2) is 4.68 Å². The van der Waals surface area contributed by atoms with E-state index < -0.39 is 0 Å². The number of nitriles is 1. The van der Waals surface area contributed by atoms with Crippen LogP contribution in [0.4, 0.5) is 5.69 Å². The molecule has 25 heavy (non-hydrogen) atoms. The van der Waals surface area contributed by atoms with Crippen LogP contribution in [-0.4, -0.2) is 26.5 Å². The van der Waals surface area contributed by atoms with Gasteiger partial charge in [0.25, 0.3) is 0 Å². The van der Waals surface area contributed by atoms with Crippen LogP contribution in [-0.2, 0) is 0 Å². The molecule has 6 nitrogen and oxygen atoms in total. The lowest BCUT2D eigenvalue weighted by molar-refractivity contribution is 0.435. The van der Waals surface area contributed by atoms with E-state index in [1.165, 1.54) is 6.08 Å². The van der Waals surface area contributed by atoms with E-state index in [1.807, 2.05) is 48.9 Å². The van der Waals surface area contributed by atoms with Crippen LogP contribution in [0.2, 0.25) is 0 Å². The van der Waals surface area contributed by atoms with E-state index in [2.05, 4.69) is 33.9 Å². The number of hydrogen-bond donors (Lipinski definition) is 1. The maximum atomic E-state index is 8.83. The first-order valence-corrected chi connectivity index (χ1v) is 7.86. The molecule has 1 heterocycles. The molecule has 0 fully saturated rings. The van der Waals surface area contributed by atoms with E-state index in [1.54, 1.807) is 18.7 Å². The zero-order chi connectivity index (χ0) is 18.5. The molecule has 2 rings (SSSR count). The maximum Gasteiger partial charge on any atom is 0.139 e. The van der Waals surface area contributed by atoms with Crippen LogP contribution >= 0.6 is 0 Å². The SMILES string of the molecule is C/C=C/CCN(c1ccc(C#N)cc1)n1cnnc1.C=C(O)/C=C\C. The van der Waals surface area contributed by atoms with Crippen molar-refractivity contribution in [2.24, 2.45) is 0 Å². The molecule has 0 atom stereocenters. The van der Waals surface area contributed by atoms with Crippen molar-refractivity contribution >= 4 is 5.69 Å². The van der Waals surface area contributed by atoms with Gasteiger partial charge in [-0.05, 0) is 50.6 Å². The van der Waals surface area contributed by atoms with Crippen molar-refractivity contribution in [2.75, 3.05) is 11.6 Å². The fourth-order valence-corrected chi connectivity index (χ4v) is 1.96. The third-order valence-corrected chi connectivity index (χ3v) is 3.08. The third kappa shape index (κ3) is 7.18. The number of benzene rings is 1. The molecule has 1 aromatic carbocycles. The summed E-state index contributed by atoms with van der Waals surface area (Å²) in [5, 5.41) is 26.8. The van der Waals surface area contributed by atoms with Gasteiger partial charge in [0.05, 0.1) is 17.3 Å². The average Bonchev–Trinajstić information content (AvgIpc) is 3.14. The number of anilines is 1. The number of rotatable bonds is 6. The molecule has 130 valence electrons. The summed E-state index contributed by atoms with van der Waals surface area (Å²) >= 11 is 0. The summed E-state index contributed by atoms with van der Waals surface area (Å²) in [6, 6.07) is 9.58. The molecule has 0 aliphatic rings. The predicted octanol–water partition coefficient (Wildman–Crippen LogP) is 4.02. The molecule has 0 amide bonds. The molecule has 0 aliphatic heterocycles. The Labute approximate surface area is 148 Å². The van der Waals surface area contributed by atoms with Crippen LogP contribution in [0.3, 0.4) is 0 Å². The molecule has 0 saturated carbocycles. The van der Waals surface area contributed by atoms with Gasteiger partial charge in [-0.3, -0.25) is 5.01 Å². The molecule has 2 aromatic rings. The second-order valence-corrected chi connectivity index (χ2v) is 4.97. The molecule has 6 heteroatoms. The highest BCUT2D eigenvalue weighted by Gasteiger charge is 2.07. The van der Waals surface area contributed by atoms with E-state index in [-0.39, 0.29) is 5.76 Å². The van der Waals surface area contributed by atoms with Crippen molar-refractivity contribution < 1.29 is 5.11 Å². The topological polar surface area (TPSA) is 78.0 Å². The molecular formula is C19H23N5O. The Bertz CT molecular complexity index is 724. The Balaban J connectivity index is 0.000000450. The van der Waals surface area contributed by atoms with Gasteiger partial charge in [0.15, 0.2) is 0 Å². The number of aliphatic hydroxyl groups excluding tert-OH is 1. The van der Waals surface area contributed by atoms with Gasteiger partial charge in [0, 0.05) is 6.54 Å². The normalized spacial score (nSPS) is 10.3. The lowest BCUT2D eigenvalue weighted by Gasteiger charge is -2.24. The van der Waals surface area contributed by atoms with Crippen LogP contribution in [0.15, 0.2) is 73.6 Å². The van der Waals surface area contributed by atoms with E-state index in [4.69, 9.17) is 10.4 Å². The fraction of sp³-hybridized carbons (Fsp3) is 0.211. The van der Waals surface area contributed by atoms with Crippen molar-refractivity contribution in [2.45, 2.75) is 20.3 Å². The van der Waals surface area contributed by atoms with Gasteiger partial charge >= 0.3 is 0 Å². The maximum absolute atomic E-state index is 8.83. The number of hydrogen-bond acceptors (Lipinski definition) is 5. The summed E-state index contributed by atoms with van der Waals surface area (Å²) in [7, 11) is 0. The van der Waals surface area contributed by atoms with E-state index in [0.29, 0.717) is 5.56 Å². The molecule has 0 aliphatic carbocycles. The van der Waals surface area contributed by atoms with Crippen molar-refractivity contribution in [3.8, 4) is 6.07 Å². The minimum absolute atomic E-state index is 0.109. The lowest BCUT2D eigenvalue weighted by atomic mass is 10.2. The van der Waals surface area contributed by atoms with Crippen molar-refractivity contribution in [1.29, 1.82) is 5.26 Å². The summed E-state index contributed by atoms with van der Waals surface area (Å²) in [6.45, 7) is 7.85. The summed E-state index contributed by atoms with van der Waals surface area (Å²) < 4.78 is 1.84. The summed E-state index contributed by atoms with van der Waals surface area (Å²) in [6.07, 6.45) is 11.6. The quantitative estimate of drug-likeness (QED) is 0.489. The van der Waals surface area contributed by atoms with Gasteiger partial charge in [-0.15, -0.1) is 10.2 Å². The van der Waals surface area contributed by atoms with Crippen molar-refractivity contribution in [3.63, 3.8) is 0 Å². The standard InChI is InChI=1S/C14H15N5.C5H8O/c1-2-3-4-9-19(18-11-16-17-12-18)14-7-5-13(10-15)6-8-14;1-3-4-5(2)6/h2-3,5-8,11-12H,4,9H2,1H3;3-4,6H,2H2,1H3/b3-2+;4-3-. The second-order valence-electron chi connectivity index (χ2n) is 4.97. The van der Waals surface area contributed by atoms with Gasteiger partial charge in [0.2, 0.25) is 0 Å². The number of aromatic nitrogens is 3. The molecule has 1 N–H and O–H groups in total. The number of aliphatic hydroxyl groups is 1. The summed E-state index contributed by atoms with van der Waals surface area (Å²) in [5.74, 6) is 0.109. The van der Waals surface area contributed by atoms with E-state index in [9.17, 15) is 0 Å². The Morgan fingerprint density at radius 1 is 1.24 bits per heavy atom. The van der Waals surface area contributed by atoms with E-state index >= 15 is 0 Å². The highest BCUT2D eigenvalue weighted by Crippen LogP contribution is 2.16. The van der Waals surface area contributed by atoms with Gasteiger partial charge < -0.3 is 5.11 Å². The zero-order valence-corrected chi connectivity index (χ0v) is 14.6. The monoisotopic (exact) mass is 337 g/mol. The Morgan fingerprint density at radius 2 is 1.88 bits per heavy atom. The second kappa shape index (κ2) is 11.2. The lowest BCUT2D eigenvalue weighted by Crippen LogP contribution is -2.29. The molecule has 1 aromatic heterocycles.